The molecule has 102 valence electrons. The molecule has 1 rings (SSSR count). The van der Waals surface area contributed by atoms with Crippen molar-refractivity contribution in [3.63, 3.8) is 0 Å². The molecule has 0 saturated heterocycles. The predicted molar refractivity (Wildman–Crippen MR) is 64.5 cm³/mol. The van der Waals surface area contributed by atoms with Crippen molar-refractivity contribution in [3.8, 4) is 0 Å². The van der Waals surface area contributed by atoms with Crippen LogP contribution in [0.3, 0.4) is 0 Å². The van der Waals surface area contributed by atoms with Gasteiger partial charge in [-0.1, -0.05) is 6.92 Å². The number of nitrogens with one attached hydrogen (secondary N) is 2. The smallest absolute Gasteiger partial charge is 0.350 e. The molecule has 0 radical (unpaired) electrons. The summed E-state index contributed by atoms with van der Waals surface area (Å²) in [6.07, 6.45) is -3.35. The molecule has 18 heavy (non-hydrogen) atoms. The number of rotatable bonds is 6. The number of halogens is 3. The number of carbonyl (C=O) groups is 1. The van der Waals surface area contributed by atoms with Crippen molar-refractivity contribution in [1.82, 2.24) is 10.6 Å². The van der Waals surface area contributed by atoms with Crippen molar-refractivity contribution in [1.29, 1.82) is 0 Å². The van der Waals surface area contributed by atoms with Gasteiger partial charge in [-0.05, 0) is 18.6 Å². The Labute approximate surface area is 107 Å². The lowest BCUT2D eigenvalue weighted by Crippen LogP contribution is -2.37. The standard InChI is InChI=1S/C11H15F3N2OS/c1-2-8-3-4-9(18-8)5-16-10(17)6-15-7-11(12,13)14/h3-4,15H,2,5-7H2,1H3,(H,16,17). The van der Waals surface area contributed by atoms with Crippen LogP contribution >= 0.6 is 11.3 Å². The molecule has 0 aromatic carbocycles. The van der Waals surface area contributed by atoms with Crippen molar-refractivity contribution in [2.24, 2.45) is 0 Å². The number of alkyl halides is 3. The molecule has 0 aliphatic carbocycles. The fraction of sp³-hybridized carbons (Fsp3) is 0.545. The maximum atomic E-state index is 11.8. The number of aryl methyl sites for hydroxylation is 1. The Morgan fingerprint density at radius 2 is 2.00 bits per heavy atom. The lowest BCUT2D eigenvalue weighted by atomic mass is 10.3. The quantitative estimate of drug-likeness (QED) is 0.837. The lowest BCUT2D eigenvalue weighted by Gasteiger charge is -2.08. The van der Waals surface area contributed by atoms with Crippen LogP contribution in [0.15, 0.2) is 12.1 Å². The van der Waals surface area contributed by atoms with Crippen LogP contribution in [-0.4, -0.2) is 25.2 Å². The van der Waals surface area contributed by atoms with Crippen LogP contribution in [0.5, 0.6) is 0 Å². The van der Waals surface area contributed by atoms with Crippen molar-refractivity contribution in [2.75, 3.05) is 13.1 Å². The fourth-order valence-corrected chi connectivity index (χ4v) is 2.17. The molecule has 0 aliphatic rings. The van der Waals surface area contributed by atoms with Crippen LogP contribution in [-0.2, 0) is 17.8 Å². The average Bonchev–Trinajstić information content (AvgIpc) is 2.72. The monoisotopic (exact) mass is 280 g/mol. The van der Waals surface area contributed by atoms with E-state index in [1.54, 1.807) is 11.3 Å². The Morgan fingerprint density at radius 1 is 1.33 bits per heavy atom. The Kier molecular flexibility index (Phi) is 5.61. The van der Waals surface area contributed by atoms with Crippen LogP contribution in [0.2, 0.25) is 0 Å². The third-order valence-electron chi connectivity index (χ3n) is 2.14. The highest BCUT2D eigenvalue weighted by Gasteiger charge is 2.26. The van der Waals surface area contributed by atoms with E-state index in [4.69, 9.17) is 0 Å². The van der Waals surface area contributed by atoms with E-state index in [0.717, 1.165) is 11.3 Å². The molecular weight excluding hydrogens is 265 g/mol. The molecule has 0 spiro atoms. The molecule has 7 heteroatoms. The second-order valence-corrected chi connectivity index (χ2v) is 4.97. The third-order valence-corrected chi connectivity index (χ3v) is 3.37. The van der Waals surface area contributed by atoms with Gasteiger partial charge >= 0.3 is 6.18 Å². The minimum absolute atomic E-state index is 0.328. The van der Waals surface area contributed by atoms with Crippen LogP contribution < -0.4 is 10.6 Å². The summed E-state index contributed by atoms with van der Waals surface area (Å²) in [6, 6.07) is 3.89. The van der Waals surface area contributed by atoms with E-state index in [1.165, 1.54) is 4.88 Å². The minimum Gasteiger partial charge on any atom is -0.350 e. The summed E-state index contributed by atoms with van der Waals surface area (Å²) >= 11 is 1.59. The number of amides is 1. The van der Waals surface area contributed by atoms with Gasteiger partial charge in [-0.3, -0.25) is 4.79 Å². The van der Waals surface area contributed by atoms with Crippen molar-refractivity contribution in [3.05, 3.63) is 21.9 Å². The summed E-state index contributed by atoms with van der Waals surface area (Å²) in [4.78, 5) is 13.5. The topological polar surface area (TPSA) is 41.1 Å². The SMILES string of the molecule is CCc1ccc(CNC(=O)CNCC(F)(F)F)s1. The minimum atomic E-state index is -4.29. The first-order chi connectivity index (χ1) is 8.40. The van der Waals surface area contributed by atoms with Gasteiger partial charge in [-0.2, -0.15) is 13.2 Å². The summed E-state index contributed by atoms with van der Waals surface area (Å²) in [7, 11) is 0. The number of carbonyl (C=O) groups excluding carboxylic acids is 1. The summed E-state index contributed by atoms with van der Waals surface area (Å²) in [5.41, 5.74) is 0. The Hall–Kier alpha value is -1.08. The molecule has 1 aromatic rings. The summed E-state index contributed by atoms with van der Waals surface area (Å²) in [5, 5.41) is 4.61. The first-order valence-corrected chi connectivity index (χ1v) is 6.34. The van der Waals surface area contributed by atoms with Crippen molar-refractivity contribution in [2.45, 2.75) is 26.1 Å². The van der Waals surface area contributed by atoms with E-state index in [9.17, 15) is 18.0 Å². The summed E-state index contributed by atoms with van der Waals surface area (Å²) in [5.74, 6) is -0.439. The number of hydrogen-bond donors (Lipinski definition) is 2. The van der Waals surface area contributed by atoms with Gasteiger partial charge in [0.25, 0.3) is 0 Å². The molecule has 0 unspecified atom stereocenters. The van der Waals surface area contributed by atoms with Gasteiger partial charge in [0.2, 0.25) is 5.91 Å². The van der Waals surface area contributed by atoms with Gasteiger partial charge in [0.1, 0.15) is 0 Å². The maximum Gasteiger partial charge on any atom is 0.401 e. The second kappa shape index (κ2) is 6.75. The van der Waals surface area contributed by atoms with Crippen LogP contribution in [0, 0.1) is 0 Å². The van der Waals surface area contributed by atoms with Crippen LogP contribution in [0.25, 0.3) is 0 Å². The average molecular weight is 280 g/mol. The summed E-state index contributed by atoms with van der Waals surface area (Å²) < 4.78 is 35.4. The largest absolute Gasteiger partial charge is 0.401 e. The van der Waals surface area contributed by atoms with Gasteiger partial charge in [0.15, 0.2) is 0 Å². The molecule has 1 heterocycles. The fourth-order valence-electron chi connectivity index (χ4n) is 1.27. The number of thiophene rings is 1. The summed E-state index contributed by atoms with van der Waals surface area (Å²) in [6.45, 7) is 0.914. The lowest BCUT2D eigenvalue weighted by molar-refractivity contribution is -0.128. The second-order valence-electron chi connectivity index (χ2n) is 3.72. The van der Waals surface area contributed by atoms with Crippen molar-refractivity contribution < 1.29 is 18.0 Å². The van der Waals surface area contributed by atoms with Gasteiger partial charge in [-0.25, -0.2) is 0 Å². The number of hydrogen-bond acceptors (Lipinski definition) is 3. The third kappa shape index (κ3) is 6.02. The highest BCUT2D eigenvalue weighted by atomic mass is 32.1. The molecule has 0 fully saturated rings. The molecule has 1 aromatic heterocycles. The molecule has 2 N–H and O–H groups in total. The van der Waals surface area contributed by atoms with Crippen LogP contribution in [0.4, 0.5) is 13.2 Å². The van der Waals surface area contributed by atoms with E-state index < -0.39 is 18.6 Å². The van der Waals surface area contributed by atoms with E-state index in [2.05, 4.69) is 5.32 Å². The molecule has 0 saturated carbocycles. The first-order valence-electron chi connectivity index (χ1n) is 5.52. The van der Waals surface area contributed by atoms with E-state index in [0.29, 0.717) is 6.54 Å². The predicted octanol–water partition coefficient (Wildman–Crippen LogP) is 2.08. The highest BCUT2D eigenvalue weighted by Crippen LogP contribution is 2.16. The van der Waals surface area contributed by atoms with Crippen molar-refractivity contribution >= 4 is 17.2 Å². The zero-order valence-corrected chi connectivity index (χ0v) is 10.8. The molecule has 0 bridgehead atoms. The first kappa shape index (κ1) is 15.0. The Morgan fingerprint density at radius 3 is 2.56 bits per heavy atom. The van der Waals surface area contributed by atoms with Gasteiger partial charge in [-0.15, -0.1) is 11.3 Å². The van der Waals surface area contributed by atoms with E-state index in [-0.39, 0.29) is 6.54 Å². The normalized spacial score (nSPS) is 11.6. The zero-order chi connectivity index (χ0) is 13.6. The van der Waals surface area contributed by atoms with E-state index >= 15 is 0 Å². The van der Waals surface area contributed by atoms with Crippen LogP contribution in [0.1, 0.15) is 16.7 Å². The molecule has 3 nitrogen and oxygen atoms in total. The highest BCUT2D eigenvalue weighted by molar-refractivity contribution is 7.11. The Balaban J connectivity index is 2.21. The molecule has 1 amide bonds. The zero-order valence-electron chi connectivity index (χ0n) is 9.93. The molecular formula is C11H15F3N2OS. The van der Waals surface area contributed by atoms with Gasteiger partial charge < -0.3 is 10.6 Å². The van der Waals surface area contributed by atoms with Gasteiger partial charge in [0.05, 0.1) is 19.6 Å². The van der Waals surface area contributed by atoms with E-state index in [1.807, 2.05) is 24.4 Å². The molecule has 0 aliphatic heterocycles. The Bertz CT molecular complexity index is 390. The molecule has 0 atom stereocenters. The van der Waals surface area contributed by atoms with Gasteiger partial charge in [0, 0.05) is 9.75 Å². The maximum absolute atomic E-state index is 11.8.